The van der Waals surface area contributed by atoms with E-state index < -0.39 is 0 Å². The summed E-state index contributed by atoms with van der Waals surface area (Å²) in [5.74, 6) is 1.27. The minimum Gasteiger partial charge on any atom is -0.377 e. The molecule has 0 aliphatic carbocycles. The van der Waals surface area contributed by atoms with E-state index in [4.69, 9.17) is 9.26 Å². The third-order valence-electron chi connectivity index (χ3n) is 4.21. The lowest BCUT2D eigenvalue weighted by Gasteiger charge is -2.42. The van der Waals surface area contributed by atoms with Crippen LogP contribution in [0, 0.1) is 0 Å². The Morgan fingerprint density at radius 3 is 2.83 bits per heavy atom. The van der Waals surface area contributed by atoms with E-state index in [-0.39, 0.29) is 11.4 Å². The van der Waals surface area contributed by atoms with Gasteiger partial charge in [-0.05, 0) is 19.4 Å². The molecule has 0 unspecified atom stereocenters. The lowest BCUT2D eigenvalue weighted by Crippen LogP contribution is -2.55. The molecule has 0 radical (unpaired) electrons. The average Bonchev–Trinajstić information content (AvgIpc) is 3.00. The number of nitrogens with zero attached hydrogens (tertiary/aromatic N) is 3. The number of amides is 1. The molecule has 6 nitrogen and oxygen atoms in total. The van der Waals surface area contributed by atoms with Crippen molar-refractivity contribution in [3.63, 3.8) is 0 Å². The number of morpholine rings is 1. The number of carbonyl (C=O) groups is 1. The Labute approximate surface area is 141 Å². The van der Waals surface area contributed by atoms with Crippen LogP contribution in [0.5, 0.6) is 0 Å². The zero-order chi connectivity index (χ0) is 17.0. The van der Waals surface area contributed by atoms with Gasteiger partial charge < -0.3 is 14.2 Å². The summed E-state index contributed by atoms with van der Waals surface area (Å²) in [4.78, 5) is 18.7. The number of aryl methyl sites for hydroxylation is 1. The highest BCUT2D eigenvalue weighted by atomic mass is 16.5. The van der Waals surface area contributed by atoms with Gasteiger partial charge in [0.05, 0.1) is 18.8 Å². The van der Waals surface area contributed by atoms with Gasteiger partial charge >= 0.3 is 0 Å². The summed E-state index contributed by atoms with van der Waals surface area (Å²) in [6.07, 6.45) is 1.47. The molecule has 24 heavy (non-hydrogen) atoms. The van der Waals surface area contributed by atoms with E-state index in [1.165, 1.54) is 0 Å². The third kappa shape index (κ3) is 4.00. The first-order chi connectivity index (χ1) is 11.5. The first-order valence-electron chi connectivity index (χ1n) is 8.28. The Morgan fingerprint density at radius 2 is 2.08 bits per heavy atom. The van der Waals surface area contributed by atoms with E-state index in [1.807, 2.05) is 49.1 Å². The molecule has 0 spiro atoms. The Hall–Kier alpha value is -2.21. The molecule has 0 bridgehead atoms. The quantitative estimate of drug-likeness (QED) is 0.841. The monoisotopic (exact) mass is 329 g/mol. The zero-order valence-corrected chi connectivity index (χ0v) is 14.2. The Balaban J connectivity index is 1.54. The molecule has 6 heteroatoms. The van der Waals surface area contributed by atoms with Crippen LogP contribution in [0.15, 0.2) is 34.9 Å². The van der Waals surface area contributed by atoms with Gasteiger partial charge in [-0.3, -0.25) is 4.79 Å². The second-order valence-electron chi connectivity index (χ2n) is 6.68. The van der Waals surface area contributed by atoms with Crippen molar-refractivity contribution in [1.29, 1.82) is 0 Å². The molecule has 1 aromatic carbocycles. The minimum atomic E-state index is -0.261. The number of benzene rings is 1. The zero-order valence-electron chi connectivity index (χ0n) is 14.2. The predicted octanol–water partition coefficient (Wildman–Crippen LogP) is 2.23. The second kappa shape index (κ2) is 7.13. The van der Waals surface area contributed by atoms with Gasteiger partial charge in [-0.25, -0.2) is 0 Å². The Bertz CT molecular complexity index is 682. The van der Waals surface area contributed by atoms with Crippen molar-refractivity contribution >= 4 is 5.91 Å². The normalized spacial score (nSPS) is 17.0. The maximum absolute atomic E-state index is 12.5. The van der Waals surface area contributed by atoms with Crippen molar-refractivity contribution in [3.05, 3.63) is 47.6 Å². The summed E-state index contributed by atoms with van der Waals surface area (Å²) in [5, 5.41) is 4.00. The van der Waals surface area contributed by atoms with Gasteiger partial charge in [0, 0.05) is 25.8 Å². The topological polar surface area (TPSA) is 68.5 Å². The van der Waals surface area contributed by atoms with Crippen LogP contribution in [0.2, 0.25) is 0 Å². The molecule has 0 atom stereocenters. The van der Waals surface area contributed by atoms with E-state index in [0.717, 1.165) is 5.56 Å². The second-order valence-corrected chi connectivity index (χ2v) is 6.68. The molecule has 128 valence electrons. The summed E-state index contributed by atoms with van der Waals surface area (Å²) in [5.41, 5.74) is 0.874. The number of ether oxygens (including phenoxy) is 1. The summed E-state index contributed by atoms with van der Waals surface area (Å²) in [7, 11) is 0. The molecule has 2 heterocycles. The molecule has 1 fully saturated rings. The van der Waals surface area contributed by atoms with E-state index in [9.17, 15) is 4.79 Å². The van der Waals surface area contributed by atoms with Crippen molar-refractivity contribution in [2.45, 2.75) is 38.6 Å². The van der Waals surface area contributed by atoms with Gasteiger partial charge in [0.25, 0.3) is 0 Å². The van der Waals surface area contributed by atoms with Crippen molar-refractivity contribution in [3.8, 4) is 0 Å². The molecule has 1 saturated heterocycles. The smallest absolute Gasteiger partial charge is 0.227 e. The fourth-order valence-corrected chi connectivity index (χ4v) is 2.91. The Kier molecular flexibility index (Phi) is 4.94. The van der Waals surface area contributed by atoms with E-state index in [2.05, 4.69) is 10.1 Å². The molecule has 1 amide bonds. The Morgan fingerprint density at radius 1 is 1.29 bits per heavy atom. The lowest BCUT2D eigenvalue weighted by molar-refractivity contribution is -0.146. The van der Waals surface area contributed by atoms with Crippen molar-refractivity contribution in [2.24, 2.45) is 0 Å². The van der Waals surface area contributed by atoms with Crippen LogP contribution in [0.3, 0.4) is 0 Å². The first-order valence-corrected chi connectivity index (χ1v) is 8.28. The molecule has 2 aromatic rings. The van der Waals surface area contributed by atoms with E-state index >= 15 is 0 Å². The first kappa shape index (κ1) is 16.6. The van der Waals surface area contributed by atoms with Crippen molar-refractivity contribution in [1.82, 2.24) is 15.0 Å². The molecular formula is C18H23N3O3. The summed E-state index contributed by atoms with van der Waals surface area (Å²) >= 11 is 0. The van der Waals surface area contributed by atoms with Crippen LogP contribution in [0.4, 0.5) is 0 Å². The summed E-state index contributed by atoms with van der Waals surface area (Å²) in [6, 6.07) is 10.0. The lowest BCUT2D eigenvalue weighted by atomic mass is 10.0. The minimum absolute atomic E-state index is 0.103. The molecule has 1 aliphatic heterocycles. The maximum Gasteiger partial charge on any atom is 0.227 e. The molecule has 0 saturated carbocycles. The number of aromatic nitrogens is 2. The van der Waals surface area contributed by atoms with Crippen LogP contribution < -0.4 is 0 Å². The third-order valence-corrected chi connectivity index (χ3v) is 4.21. The van der Waals surface area contributed by atoms with Crippen LogP contribution in [0.25, 0.3) is 0 Å². The van der Waals surface area contributed by atoms with E-state index in [0.29, 0.717) is 50.7 Å². The van der Waals surface area contributed by atoms with Crippen LogP contribution in [-0.2, 0) is 22.4 Å². The van der Waals surface area contributed by atoms with Gasteiger partial charge in [-0.15, -0.1) is 0 Å². The predicted molar refractivity (Wildman–Crippen MR) is 88.5 cm³/mol. The van der Waals surface area contributed by atoms with Gasteiger partial charge in [-0.1, -0.05) is 35.5 Å². The van der Waals surface area contributed by atoms with Gasteiger partial charge in [0.15, 0.2) is 5.82 Å². The fourth-order valence-electron chi connectivity index (χ4n) is 2.91. The number of rotatable bonds is 5. The molecule has 3 rings (SSSR count). The van der Waals surface area contributed by atoms with Crippen LogP contribution in [0.1, 0.15) is 37.5 Å². The summed E-state index contributed by atoms with van der Waals surface area (Å²) in [6.45, 7) is 5.84. The standard InChI is InChI=1S/C18H23N3O3/c1-18(2)13-23-11-10-21(18)17(22)9-8-16-19-15(20-24-16)12-14-6-4-3-5-7-14/h3-7H,8-13H2,1-2H3. The van der Waals surface area contributed by atoms with Crippen LogP contribution >= 0.6 is 0 Å². The van der Waals surface area contributed by atoms with Crippen molar-refractivity contribution in [2.75, 3.05) is 19.8 Å². The fraction of sp³-hybridized carbons (Fsp3) is 0.500. The van der Waals surface area contributed by atoms with Crippen LogP contribution in [-0.4, -0.2) is 46.2 Å². The number of hydrogen-bond acceptors (Lipinski definition) is 5. The largest absolute Gasteiger partial charge is 0.377 e. The molecule has 0 N–H and O–H groups in total. The highest BCUT2D eigenvalue weighted by molar-refractivity contribution is 5.77. The van der Waals surface area contributed by atoms with Gasteiger partial charge in [0.2, 0.25) is 11.8 Å². The number of hydrogen-bond donors (Lipinski definition) is 0. The maximum atomic E-state index is 12.5. The highest BCUT2D eigenvalue weighted by Gasteiger charge is 2.33. The average molecular weight is 329 g/mol. The number of carbonyl (C=O) groups excluding carboxylic acids is 1. The van der Waals surface area contributed by atoms with Gasteiger partial charge in [-0.2, -0.15) is 4.98 Å². The highest BCUT2D eigenvalue weighted by Crippen LogP contribution is 2.20. The molecule has 1 aliphatic rings. The van der Waals surface area contributed by atoms with E-state index in [1.54, 1.807) is 0 Å². The van der Waals surface area contributed by atoms with Gasteiger partial charge in [0.1, 0.15) is 0 Å². The SMILES string of the molecule is CC1(C)COCCN1C(=O)CCc1nc(Cc2ccccc2)no1. The molecular weight excluding hydrogens is 306 g/mol. The molecule has 1 aromatic heterocycles. The summed E-state index contributed by atoms with van der Waals surface area (Å²) < 4.78 is 10.7. The van der Waals surface area contributed by atoms with Crippen molar-refractivity contribution < 1.29 is 14.1 Å².